The second kappa shape index (κ2) is 15.9. The van der Waals surface area contributed by atoms with Crippen LogP contribution in [0.5, 0.6) is 11.5 Å². The number of rotatable bonds is 8. The van der Waals surface area contributed by atoms with Crippen molar-refractivity contribution in [2.75, 3.05) is 0 Å². The zero-order valence-corrected chi connectivity index (χ0v) is 38.1. The number of aromatic nitrogens is 6. The molecule has 8 heteroatoms. The summed E-state index contributed by atoms with van der Waals surface area (Å²) in [7, 11) is 0. The van der Waals surface area contributed by atoms with Gasteiger partial charge in [0.1, 0.15) is 5.65 Å². The first-order chi connectivity index (χ1) is 33.2. The van der Waals surface area contributed by atoms with Gasteiger partial charge in [0.25, 0.3) is 0 Å². The third kappa shape index (κ3) is 6.42. The van der Waals surface area contributed by atoms with Crippen molar-refractivity contribution in [2.24, 2.45) is 0 Å². The minimum absolute atomic E-state index is 0.730. The molecule has 0 spiro atoms. The standard InChI is InChI=1S/C59H38N6O.Pt/c1-3-16-40(17-4-1)46-24-14-25-47(41-18-5-2-6-19-41)58(46)63-39-62(54-29-11-12-30-55(54)63)42-20-13-21-44(36-42)66-45-32-33-50-48-22-7-10-28-53(48)65(56(50)37-45)57-34-31-43(38-61-57)64-52-27-9-8-23-49(52)51-26-15-35-60-59(51)64;/h1-38H;. The van der Waals surface area contributed by atoms with Crippen LogP contribution in [0.1, 0.15) is 0 Å². The van der Waals surface area contributed by atoms with Gasteiger partial charge < -0.3 is 0 Å². The molecule has 5 aromatic heterocycles. The molecule has 0 unspecified atom stereocenters. The first-order valence-corrected chi connectivity index (χ1v) is 23.4. The Balaban J connectivity index is 0.906. The Morgan fingerprint density at radius 2 is 0.955 bits per heavy atom. The van der Waals surface area contributed by atoms with Gasteiger partial charge in [0.2, 0.25) is 0 Å². The van der Waals surface area contributed by atoms with E-state index in [2.05, 4.69) is 244 Å². The van der Waals surface area contributed by atoms with Crippen molar-refractivity contribution < 1.29 is 24.1 Å². The molecule has 67 heavy (non-hydrogen) atoms. The number of fused-ring (bicyclic) bond motifs is 7. The number of ether oxygens (including phenoxy) is 1. The van der Waals surface area contributed by atoms with E-state index >= 15 is 0 Å². The zero-order valence-electron chi connectivity index (χ0n) is 35.8. The van der Waals surface area contributed by atoms with E-state index in [0.717, 1.165) is 115 Å². The molecule has 320 valence electrons. The molecule has 0 aliphatic carbocycles. The molecule has 0 saturated heterocycles. The number of pyridine rings is 2. The van der Waals surface area contributed by atoms with E-state index in [1.54, 1.807) is 0 Å². The number of benzene rings is 8. The van der Waals surface area contributed by atoms with Gasteiger partial charge in [-0.3, -0.25) is 4.57 Å². The summed E-state index contributed by atoms with van der Waals surface area (Å²) in [5, 5.41) is 4.55. The van der Waals surface area contributed by atoms with E-state index in [0.29, 0.717) is 0 Å². The fourth-order valence-electron chi connectivity index (χ4n) is 9.84. The van der Waals surface area contributed by atoms with E-state index in [1.807, 2.05) is 24.5 Å². The van der Waals surface area contributed by atoms with Crippen molar-refractivity contribution >= 4 is 54.8 Å². The van der Waals surface area contributed by atoms with Gasteiger partial charge in [-0.2, -0.15) is 0 Å². The number of hydrogen-bond acceptors (Lipinski definition) is 3. The summed E-state index contributed by atoms with van der Waals surface area (Å²) in [6, 6.07) is 76.6. The van der Waals surface area contributed by atoms with E-state index in [1.165, 1.54) is 0 Å². The van der Waals surface area contributed by atoms with Crippen molar-refractivity contribution in [2.45, 2.75) is 0 Å². The van der Waals surface area contributed by atoms with Crippen LogP contribution in [0.3, 0.4) is 0 Å². The average molecular weight is 1040 g/mol. The molecule has 0 aliphatic heterocycles. The Morgan fingerprint density at radius 3 is 1.66 bits per heavy atom. The topological polar surface area (TPSA) is 54.7 Å². The monoisotopic (exact) mass is 1040 g/mol. The summed E-state index contributed by atoms with van der Waals surface area (Å²) < 4.78 is 17.0. The van der Waals surface area contributed by atoms with Gasteiger partial charge in [-0.1, -0.05) is 30.3 Å². The predicted octanol–water partition coefficient (Wildman–Crippen LogP) is 14.6. The van der Waals surface area contributed by atoms with Crippen LogP contribution in [-0.2, 0) is 19.4 Å². The van der Waals surface area contributed by atoms with Crippen LogP contribution < -0.4 is 4.74 Å². The molecule has 0 radical (unpaired) electrons. The molecule has 0 bridgehead atoms. The maximum atomic E-state index is 6.82. The van der Waals surface area contributed by atoms with E-state index in [-0.39, 0.29) is 0 Å². The second-order valence-corrected chi connectivity index (χ2v) is 17.6. The molecule has 13 aromatic rings. The summed E-state index contributed by atoms with van der Waals surface area (Å²) in [4.78, 5) is 9.91. The van der Waals surface area contributed by atoms with Crippen LogP contribution in [0, 0.1) is 3.80 Å². The zero-order chi connectivity index (χ0) is 44.4. The molecule has 8 aromatic carbocycles. The normalized spacial score (nSPS) is 11.7. The molecule has 7 nitrogen and oxygen atoms in total. The minimum atomic E-state index is 0.730. The Morgan fingerprint density at radius 1 is 0.373 bits per heavy atom. The Labute approximate surface area is 396 Å². The Hall–Kier alpha value is -8.38. The fraction of sp³-hybridized carbons (Fsp3) is 0. The van der Waals surface area contributed by atoms with Crippen molar-refractivity contribution in [3.63, 3.8) is 0 Å². The van der Waals surface area contributed by atoms with Gasteiger partial charge in [0, 0.05) is 17.0 Å². The number of imidazole rings is 1. The average Bonchev–Trinajstić information content (AvgIpc) is 4.01. The van der Waals surface area contributed by atoms with Gasteiger partial charge in [0.15, 0.2) is 0 Å². The number of nitrogens with zero attached hydrogens (tertiary/aromatic N) is 6. The molecule has 0 N–H and O–H groups in total. The first-order valence-electron chi connectivity index (χ1n) is 22.2. The van der Waals surface area contributed by atoms with Crippen LogP contribution in [0.4, 0.5) is 0 Å². The third-order valence-electron chi connectivity index (χ3n) is 12.7. The van der Waals surface area contributed by atoms with Crippen LogP contribution in [0.2, 0.25) is 0 Å². The molecule has 0 atom stereocenters. The quantitative estimate of drug-likeness (QED) is 0.152. The molecular weight excluding hydrogens is 1000 g/mol. The van der Waals surface area contributed by atoms with Crippen molar-refractivity contribution in [1.82, 2.24) is 28.2 Å². The van der Waals surface area contributed by atoms with E-state index in [9.17, 15) is 0 Å². The van der Waals surface area contributed by atoms with Crippen LogP contribution in [-0.4, -0.2) is 28.2 Å². The maximum absolute atomic E-state index is 6.82. The van der Waals surface area contributed by atoms with E-state index < -0.39 is 0 Å². The fourth-order valence-corrected chi connectivity index (χ4v) is 10.9. The summed E-state index contributed by atoms with van der Waals surface area (Å²) >= 11 is 2.49. The van der Waals surface area contributed by atoms with Crippen LogP contribution in [0.25, 0.3) is 99.9 Å². The van der Waals surface area contributed by atoms with Gasteiger partial charge in [-0.05, 0) is 24.3 Å². The predicted molar refractivity (Wildman–Crippen MR) is 268 cm³/mol. The SMILES string of the molecule is [Pt]=[c]1n(-c2cccc(Oc3ccc4c5ccccc5n(-c5ccc(-n6c7ccccc7c7cccnc76)cn5)c4c3)c2)c2ccccc2n1-c1c(-c2ccccc2)cccc1-c1ccccc1. The molecule has 0 saturated carbocycles. The molecule has 5 heterocycles. The third-order valence-corrected chi connectivity index (χ3v) is 13.8. The molecule has 0 amide bonds. The van der Waals surface area contributed by atoms with Gasteiger partial charge in [-0.15, -0.1) is 0 Å². The molecule has 0 aliphatic rings. The molecular formula is C59H38N6OPt. The van der Waals surface area contributed by atoms with Crippen LogP contribution >= 0.6 is 0 Å². The van der Waals surface area contributed by atoms with E-state index in [4.69, 9.17) is 14.7 Å². The molecule has 13 rings (SSSR count). The number of hydrogen-bond donors (Lipinski definition) is 0. The Kier molecular flexibility index (Phi) is 9.29. The Bertz CT molecular complexity index is 3980. The number of para-hydroxylation sites is 5. The van der Waals surface area contributed by atoms with Crippen LogP contribution in [0.15, 0.2) is 231 Å². The summed E-state index contributed by atoms with van der Waals surface area (Å²) in [6.45, 7) is 0. The van der Waals surface area contributed by atoms with Crippen molar-refractivity contribution in [3.05, 3.63) is 235 Å². The summed E-state index contributed by atoms with van der Waals surface area (Å²) in [5.74, 6) is 2.28. The first kappa shape index (κ1) is 39.0. The molecule has 0 fully saturated rings. The van der Waals surface area contributed by atoms with Gasteiger partial charge in [-0.25, -0.2) is 4.98 Å². The summed E-state index contributed by atoms with van der Waals surface area (Å²) in [6.07, 6.45) is 3.79. The summed E-state index contributed by atoms with van der Waals surface area (Å²) in [5.41, 5.74) is 14.0. The van der Waals surface area contributed by atoms with Crippen molar-refractivity contribution in [1.29, 1.82) is 0 Å². The second-order valence-electron chi connectivity index (χ2n) is 16.6. The van der Waals surface area contributed by atoms with Crippen molar-refractivity contribution in [3.8, 4) is 56.6 Å². The van der Waals surface area contributed by atoms with Gasteiger partial charge in [0.05, 0.1) is 17.4 Å². The van der Waals surface area contributed by atoms with Gasteiger partial charge >= 0.3 is 294 Å².